The third-order valence-corrected chi connectivity index (χ3v) is 4.97. The van der Waals surface area contributed by atoms with Crippen LogP contribution in [0.3, 0.4) is 0 Å². The first-order valence-corrected chi connectivity index (χ1v) is 9.18. The number of rotatable bonds is 4. The molecular weight excluding hydrogens is 340 g/mol. The second-order valence-corrected chi connectivity index (χ2v) is 6.79. The van der Waals surface area contributed by atoms with E-state index in [2.05, 4.69) is 16.4 Å². The van der Waals surface area contributed by atoms with Crippen molar-refractivity contribution in [3.8, 4) is 5.75 Å². The Kier molecular flexibility index (Phi) is 4.67. The molecule has 5 nitrogen and oxygen atoms in total. The van der Waals surface area contributed by atoms with Gasteiger partial charge in [0.2, 0.25) is 5.91 Å². The van der Waals surface area contributed by atoms with Crippen LogP contribution in [0.4, 0.5) is 5.82 Å². The summed E-state index contributed by atoms with van der Waals surface area (Å²) in [4.78, 5) is 16.5. The van der Waals surface area contributed by atoms with Gasteiger partial charge in [0.25, 0.3) is 0 Å². The molecule has 138 valence electrons. The molecule has 0 aliphatic heterocycles. The van der Waals surface area contributed by atoms with Gasteiger partial charge in [0.15, 0.2) is 0 Å². The van der Waals surface area contributed by atoms with Crippen LogP contribution in [0.1, 0.15) is 36.7 Å². The average molecular weight is 362 g/mol. The summed E-state index contributed by atoms with van der Waals surface area (Å²) >= 11 is 0. The van der Waals surface area contributed by atoms with Crippen molar-refractivity contribution in [2.45, 2.75) is 32.6 Å². The maximum Gasteiger partial charge on any atom is 0.249 e. The topological polar surface area (TPSA) is 64.4 Å². The van der Waals surface area contributed by atoms with Gasteiger partial charge in [0, 0.05) is 41.3 Å². The molecule has 0 saturated heterocycles. The minimum Gasteiger partial charge on any atom is -0.496 e. The standard InChI is InChI=1S/C22H22N2O3/c1-14(11-22(25)24-21-9-5-6-10-23-21)16-12-17-15-7-3-4-8-18(15)27-20(17)13-19(16)26-2/h5-6,9-13H,3-4,7-8H2,1-2H3,(H,23,24,25)/b14-11+. The molecule has 1 aromatic carbocycles. The molecule has 27 heavy (non-hydrogen) atoms. The number of hydrogen-bond donors (Lipinski definition) is 1. The van der Waals surface area contributed by atoms with Gasteiger partial charge in [-0.3, -0.25) is 4.79 Å². The summed E-state index contributed by atoms with van der Waals surface area (Å²) in [5, 5.41) is 3.90. The van der Waals surface area contributed by atoms with E-state index in [9.17, 15) is 4.79 Å². The molecule has 1 aliphatic carbocycles. The third kappa shape index (κ3) is 3.45. The highest BCUT2D eigenvalue weighted by atomic mass is 16.5. The number of methoxy groups -OCH3 is 1. The molecule has 1 N–H and O–H groups in total. The first-order valence-electron chi connectivity index (χ1n) is 9.18. The number of anilines is 1. The van der Waals surface area contributed by atoms with Crippen LogP contribution in [0, 0.1) is 0 Å². The highest BCUT2D eigenvalue weighted by Crippen LogP contribution is 2.37. The number of carbonyl (C=O) groups excluding carboxylic acids is 1. The Morgan fingerprint density at radius 3 is 2.89 bits per heavy atom. The second kappa shape index (κ2) is 7.27. The molecule has 4 rings (SSSR count). The smallest absolute Gasteiger partial charge is 0.249 e. The van der Waals surface area contributed by atoms with E-state index in [-0.39, 0.29) is 5.91 Å². The van der Waals surface area contributed by atoms with Crippen LogP contribution in [0.2, 0.25) is 0 Å². The first kappa shape index (κ1) is 17.3. The highest BCUT2D eigenvalue weighted by molar-refractivity contribution is 6.04. The monoisotopic (exact) mass is 362 g/mol. The molecule has 0 spiro atoms. The van der Waals surface area contributed by atoms with E-state index in [1.807, 2.05) is 25.1 Å². The minimum absolute atomic E-state index is 0.220. The fraction of sp³-hybridized carbons (Fsp3) is 0.273. The number of fused-ring (bicyclic) bond motifs is 3. The fourth-order valence-electron chi connectivity index (χ4n) is 3.64. The molecule has 1 aliphatic rings. The van der Waals surface area contributed by atoms with E-state index in [0.717, 1.165) is 40.7 Å². The number of nitrogens with one attached hydrogen (secondary N) is 1. The molecule has 2 heterocycles. The zero-order valence-electron chi connectivity index (χ0n) is 15.5. The molecule has 5 heteroatoms. The van der Waals surface area contributed by atoms with Crippen molar-refractivity contribution in [3.63, 3.8) is 0 Å². The molecular formula is C22H22N2O3. The van der Waals surface area contributed by atoms with Gasteiger partial charge in [-0.15, -0.1) is 0 Å². The second-order valence-electron chi connectivity index (χ2n) is 6.79. The zero-order chi connectivity index (χ0) is 18.8. The van der Waals surface area contributed by atoms with Crippen LogP contribution in [-0.2, 0) is 17.6 Å². The number of allylic oxidation sites excluding steroid dienone is 1. The number of nitrogens with zero attached hydrogens (tertiary/aromatic N) is 1. The van der Waals surface area contributed by atoms with Crippen LogP contribution in [0.15, 0.2) is 47.0 Å². The van der Waals surface area contributed by atoms with E-state index in [1.54, 1.807) is 25.4 Å². The lowest BCUT2D eigenvalue weighted by molar-refractivity contribution is -0.111. The highest BCUT2D eigenvalue weighted by Gasteiger charge is 2.20. The molecule has 0 saturated carbocycles. The SMILES string of the molecule is COc1cc2oc3c(c2cc1/C(C)=C/C(=O)Nc1ccccn1)CCCC3. The molecule has 0 atom stereocenters. The summed E-state index contributed by atoms with van der Waals surface area (Å²) in [6.45, 7) is 1.91. The molecule has 1 amide bonds. The lowest BCUT2D eigenvalue weighted by atomic mass is 9.94. The largest absolute Gasteiger partial charge is 0.496 e. The number of ether oxygens (including phenoxy) is 1. The summed E-state index contributed by atoms with van der Waals surface area (Å²) < 4.78 is 11.6. The van der Waals surface area contributed by atoms with Crippen molar-refractivity contribution in [2.75, 3.05) is 12.4 Å². The van der Waals surface area contributed by atoms with Crippen LogP contribution >= 0.6 is 0 Å². The van der Waals surface area contributed by atoms with Crippen LogP contribution in [0.5, 0.6) is 5.75 Å². The lowest BCUT2D eigenvalue weighted by Gasteiger charge is -2.11. The van der Waals surface area contributed by atoms with Crippen molar-refractivity contribution < 1.29 is 13.9 Å². The molecule has 0 unspecified atom stereocenters. The predicted molar refractivity (Wildman–Crippen MR) is 106 cm³/mol. The van der Waals surface area contributed by atoms with E-state index in [4.69, 9.17) is 9.15 Å². The van der Waals surface area contributed by atoms with Gasteiger partial charge in [-0.2, -0.15) is 0 Å². The average Bonchev–Trinajstić information content (AvgIpc) is 3.05. The number of pyridine rings is 1. The summed E-state index contributed by atoms with van der Waals surface area (Å²) in [6, 6.07) is 9.41. The van der Waals surface area contributed by atoms with Crippen LogP contribution < -0.4 is 10.1 Å². The van der Waals surface area contributed by atoms with Crippen molar-refractivity contribution in [1.29, 1.82) is 0 Å². The number of amides is 1. The van der Waals surface area contributed by atoms with Gasteiger partial charge in [-0.05, 0) is 50.0 Å². The lowest BCUT2D eigenvalue weighted by Crippen LogP contribution is -2.09. The Labute approximate surface area is 158 Å². The zero-order valence-corrected chi connectivity index (χ0v) is 15.5. The maximum absolute atomic E-state index is 12.4. The summed E-state index contributed by atoms with van der Waals surface area (Å²) in [5.74, 6) is 2.10. The maximum atomic E-state index is 12.4. The van der Waals surface area contributed by atoms with Gasteiger partial charge in [0.05, 0.1) is 7.11 Å². The summed E-state index contributed by atoms with van der Waals surface area (Å²) in [5.41, 5.74) is 3.88. The van der Waals surface area contributed by atoms with E-state index in [1.165, 1.54) is 18.4 Å². The van der Waals surface area contributed by atoms with Crippen LogP contribution in [0.25, 0.3) is 16.5 Å². The number of aromatic nitrogens is 1. The van der Waals surface area contributed by atoms with E-state index < -0.39 is 0 Å². The Hall–Kier alpha value is -3.08. The summed E-state index contributed by atoms with van der Waals surface area (Å²) in [6.07, 6.45) is 7.60. The van der Waals surface area contributed by atoms with Crippen molar-refractivity contribution >= 4 is 28.3 Å². The first-order chi connectivity index (χ1) is 13.2. The molecule has 0 fully saturated rings. The van der Waals surface area contributed by atoms with Crippen molar-refractivity contribution in [3.05, 3.63) is 59.5 Å². The van der Waals surface area contributed by atoms with Gasteiger partial charge in [-0.1, -0.05) is 6.07 Å². The van der Waals surface area contributed by atoms with Crippen LogP contribution in [-0.4, -0.2) is 18.0 Å². The molecule has 0 bridgehead atoms. The minimum atomic E-state index is -0.220. The number of hydrogen-bond acceptors (Lipinski definition) is 4. The van der Waals surface area contributed by atoms with E-state index in [0.29, 0.717) is 11.6 Å². The fourth-order valence-corrected chi connectivity index (χ4v) is 3.64. The number of carbonyl (C=O) groups is 1. The van der Waals surface area contributed by atoms with Gasteiger partial charge >= 0.3 is 0 Å². The van der Waals surface area contributed by atoms with Gasteiger partial charge in [0.1, 0.15) is 22.9 Å². The molecule has 3 aromatic rings. The van der Waals surface area contributed by atoms with Crippen molar-refractivity contribution in [2.24, 2.45) is 0 Å². The molecule has 0 radical (unpaired) electrons. The Morgan fingerprint density at radius 2 is 2.11 bits per heavy atom. The number of aryl methyl sites for hydroxylation is 2. The predicted octanol–water partition coefficient (Wildman–Crippen LogP) is 4.76. The normalized spacial score (nSPS) is 14.1. The Balaban J connectivity index is 1.69. The Bertz CT molecular complexity index is 1020. The Morgan fingerprint density at radius 1 is 1.26 bits per heavy atom. The third-order valence-electron chi connectivity index (χ3n) is 4.97. The molecule has 2 aromatic heterocycles. The van der Waals surface area contributed by atoms with Gasteiger partial charge in [-0.25, -0.2) is 4.98 Å². The van der Waals surface area contributed by atoms with E-state index >= 15 is 0 Å². The number of furan rings is 1. The quantitative estimate of drug-likeness (QED) is 0.680. The number of benzene rings is 1. The summed E-state index contributed by atoms with van der Waals surface area (Å²) in [7, 11) is 1.63. The van der Waals surface area contributed by atoms with Gasteiger partial charge < -0.3 is 14.5 Å². The van der Waals surface area contributed by atoms with Crippen molar-refractivity contribution in [1.82, 2.24) is 4.98 Å².